The number of hydrogen-bond donors (Lipinski definition) is 0. The van der Waals surface area contributed by atoms with E-state index in [1.807, 2.05) is 6.07 Å². The normalized spacial score (nSPS) is 31.7. The second-order valence-corrected chi connectivity index (χ2v) is 4.54. The van der Waals surface area contributed by atoms with Gasteiger partial charge in [-0.1, -0.05) is 29.8 Å². The molecule has 1 aliphatic carbocycles. The Morgan fingerprint density at radius 2 is 2.40 bits per heavy atom. The van der Waals surface area contributed by atoms with E-state index >= 15 is 0 Å². The van der Waals surface area contributed by atoms with E-state index in [-0.39, 0.29) is 5.41 Å². The monoisotopic (exact) mass is 196 g/mol. The molecule has 0 aromatic heterocycles. The van der Waals surface area contributed by atoms with Crippen LogP contribution in [0.2, 0.25) is 0 Å². The van der Waals surface area contributed by atoms with Crippen molar-refractivity contribution in [1.82, 2.24) is 0 Å². The molecular weight excluding hydrogens is 184 g/mol. The molecule has 1 fully saturated rings. The third kappa shape index (κ3) is 1.07. The summed E-state index contributed by atoms with van der Waals surface area (Å²) in [4.78, 5) is 4.51. The van der Waals surface area contributed by atoms with E-state index < -0.39 is 0 Å². The summed E-state index contributed by atoms with van der Waals surface area (Å²) in [6, 6.07) is 10.7. The third-order valence-electron chi connectivity index (χ3n) is 3.49. The van der Waals surface area contributed by atoms with Gasteiger partial charge < -0.3 is 0 Å². The van der Waals surface area contributed by atoms with Crippen molar-refractivity contribution in [2.45, 2.75) is 13.3 Å². The molecule has 1 aliphatic heterocycles. The predicted molar refractivity (Wildman–Crippen MR) is 58.7 cm³/mol. The number of hydrogen-bond acceptors (Lipinski definition) is 2. The highest BCUT2D eigenvalue weighted by atomic mass is 14.9. The average molecular weight is 196 g/mol. The summed E-state index contributed by atoms with van der Waals surface area (Å²) >= 11 is 0. The molecule has 2 nitrogen and oxygen atoms in total. The number of fused-ring (bicyclic) bond motifs is 1. The van der Waals surface area contributed by atoms with Crippen LogP contribution in [-0.2, 0) is 0 Å². The minimum atomic E-state index is -0.228. The van der Waals surface area contributed by atoms with Gasteiger partial charge >= 0.3 is 0 Å². The van der Waals surface area contributed by atoms with Crippen molar-refractivity contribution >= 4 is 5.71 Å². The number of aryl methyl sites for hydroxylation is 1. The molecule has 15 heavy (non-hydrogen) atoms. The Morgan fingerprint density at radius 1 is 1.53 bits per heavy atom. The van der Waals surface area contributed by atoms with E-state index in [2.05, 4.69) is 36.2 Å². The number of nitrogens with zero attached hydrogens (tertiary/aromatic N) is 2. The minimum Gasteiger partial charge on any atom is -0.287 e. The van der Waals surface area contributed by atoms with Crippen molar-refractivity contribution in [3.05, 3.63) is 35.4 Å². The van der Waals surface area contributed by atoms with Crippen LogP contribution in [0.15, 0.2) is 29.3 Å². The summed E-state index contributed by atoms with van der Waals surface area (Å²) in [5, 5.41) is 9.24. The number of rotatable bonds is 1. The number of benzene rings is 1. The molecule has 2 aliphatic rings. The predicted octanol–water partition coefficient (Wildman–Crippen LogP) is 2.33. The molecule has 1 saturated carbocycles. The Balaban J connectivity index is 2.06. The van der Waals surface area contributed by atoms with Crippen molar-refractivity contribution < 1.29 is 0 Å². The second-order valence-electron chi connectivity index (χ2n) is 4.54. The fraction of sp³-hybridized carbons (Fsp3) is 0.385. The van der Waals surface area contributed by atoms with Gasteiger partial charge in [-0.25, -0.2) is 0 Å². The Labute approximate surface area is 89.3 Å². The van der Waals surface area contributed by atoms with Crippen LogP contribution in [0.1, 0.15) is 17.5 Å². The Bertz CT molecular complexity index is 496. The molecule has 3 rings (SSSR count). The molecule has 0 bridgehead atoms. The van der Waals surface area contributed by atoms with Gasteiger partial charge in [0.25, 0.3) is 0 Å². The van der Waals surface area contributed by atoms with Crippen LogP contribution < -0.4 is 0 Å². The molecule has 1 aromatic rings. The van der Waals surface area contributed by atoms with Crippen molar-refractivity contribution in [1.29, 1.82) is 5.26 Å². The highest BCUT2D eigenvalue weighted by Gasteiger charge is 2.61. The first-order valence-electron chi connectivity index (χ1n) is 5.29. The second kappa shape index (κ2) is 2.70. The van der Waals surface area contributed by atoms with Crippen LogP contribution in [0.3, 0.4) is 0 Å². The highest BCUT2D eigenvalue weighted by molar-refractivity contribution is 6.10. The number of nitriles is 1. The third-order valence-corrected chi connectivity index (χ3v) is 3.49. The van der Waals surface area contributed by atoms with Crippen LogP contribution in [0.25, 0.3) is 0 Å². The van der Waals surface area contributed by atoms with Gasteiger partial charge in [-0.15, -0.1) is 0 Å². The fourth-order valence-electron chi connectivity index (χ4n) is 2.51. The quantitative estimate of drug-likeness (QED) is 0.679. The summed E-state index contributed by atoms with van der Waals surface area (Å²) < 4.78 is 0. The van der Waals surface area contributed by atoms with Crippen LogP contribution in [0.4, 0.5) is 0 Å². The molecule has 0 radical (unpaired) electrons. The van der Waals surface area contributed by atoms with Gasteiger partial charge in [0.15, 0.2) is 0 Å². The van der Waals surface area contributed by atoms with E-state index in [9.17, 15) is 5.26 Å². The Morgan fingerprint density at radius 3 is 3.07 bits per heavy atom. The summed E-state index contributed by atoms with van der Waals surface area (Å²) in [6.45, 7) is 2.92. The van der Waals surface area contributed by atoms with Gasteiger partial charge in [-0.05, 0) is 18.9 Å². The average Bonchev–Trinajstić information content (AvgIpc) is 2.85. The maximum Gasteiger partial charge on any atom is 0.104 e. The van der Waals surface area contributed by atoms with Gasteiger partial charge in [0.1, 0.15) is 5.41 Å². The molecule has 1 aromatic carbocycles. The zero-order valence-corrected chi connectivity index (χ0v) is 8.70. The van der Waals surface area contributed by atoms with E-state index in [4.69, 9.17) is 0 Å². The minimum absolute atomic E-state index is 0.228. The largest absolute Gasteiger partial charge is 0.287 e. The molecule has 2 atom stereocenters. The molecule has 2 heteroatoms. The lowest BCUT2D eigenvalue weighted by atomic mass is 9.94. The Kier molecular flexibility index (Phi) is 1.56. The van der Waals surface area contributed by atoms with Gasteiger partial charge in [-0.3, -0.25) is 4.99 Å². The maximum atomic E-state index is 9.24. The zero-order chi connectivity index (χ0) is 10.5. The Hall–Kier alpha value is -1.62. The fourth-order valence-corrected chi connectivity index (χ4v) is 2.51. The van der Waals surface area contributed by atoms with E-state index in [0.717, 1.165) is 24.2 Å². The summed E-state index contributed by atoms with van der Waals surface area (Å²) in [6.07, 6.45) is 1.01. The SMILES string of the molecule is Cc1cccc(C2=NC[C@@H]3C[C@]23C#N)c1. The zero-order valence-electron chi connectivity index (χ0n) is 8.70. The first-order chi connectivity index (χ1) is 7.26. The number of aliphatic imine (C=N–C) groups is 1. The van der Waals surface area contributed by atoms with Gasteiger partial charge in [-0.2, -0.15) is 5.26 Å². The van der Waals surface area contributed by atoms with Crippen molar-refractivity contribution in [2.75, 3.05) is 6.54 Å². The lowest BCUT2D eigenvalue weighted by molar-refractivity contribution is 0.802. The lowest BCUT2D eigenvalue weighted by Gasteiger charge is -2.08. The van der Waals surface area contributed by atoms with Crippen molar-refractivity contribution in [2.24, 2.45) is 16.3 Å². The molecule has 0 unspecified atom stereocenters. The molecule has 74 valence electrons. The molecule has 0 saturated heterocycles. The van der Waals surface area contributed by atoms with Gasteiger partial charge in [0, 0.05) is 12.5 Å². The van der Waals surface area contributed by atoms with Crippen LogP contribution in [-0.4, -0.2) is 12.3 Å². The smallest absolute Gasteiger partial charge is 0.104 e. The topological polar surface area (TPSA) is 36.1 Å². The molecule has 0 spiro atoms. The van der Waals surface area contributed by atoms with Crippen molar-refractivity contribution in [3.63, 3.8) is 0 Å². The maximum absolute atomic E-state index is 9.24. The van der Waals surface area contributed by atoms with Crippen LogP contribution >= 0.6 is 0 Å². The highest BCUT2D eigenvalue weighted by Crippen LogP contribution is 2.58. The summed E-state index contributed by atoms with van der Waals surface area (Å²) in [5.74, 6) is 0.498. The molecular formula is C13H12N2. The van der Waals surface area contributed by atoms with Crippen LogP contribution in [0.5, 0.6) is 0 Å². The van der Waals surface area contributed by atoms with E-state index in [0.29, 0.717) is 5.92 Å². The van der Waals surface area contributed by atoms with Crippen molar-refractivity contribution in [3.8, 4) is 6.07 Å². The summed E-state index contributed by atoms with van der Waals surface area (Å²) in [7, 11) is 0. The standard InChI is InChI=1S/C13H12N2/c1-9-3-2-4-10(5-9)12-13(8-14)6-11(13)7-15-12/h2-5,11H,6-7H2,1H3/t11-,13+/m0/s1. The van der Waals surface area contributed by atoms with Gasteiger partial charge in [0.05, 0.1) is 11.8 Å². The van der Waals surface area contributed by atoms with Crippen LogP contribution in [0, 0.1) is 29.6 Å². The van der Waals surface area contributed by atoms with E-state index in [1.54, 1.807) is 0 Å². The molecule has 0 N–H and O–H groups in total. The first-order valence-corrected chi connectivity index (χ1v) is 5.29. The molecule has 1 heterocycles. The molecule has 0 amide bonds. The first kappa shape index (κ1) is 8.67. The van der Waals surface area contributed by atoms with E-state index in [1.165, 1.54) is 5.56 Å². The summed E-state index contributed by atoms with van der Waals surface area (Å²) in [5.41, 5.74) is 3.16. The lowest BCUT2D eigenvalue weighted by Crippen LogP contribution is -2.13. The van der Waals surface area contributed by atoms with Gasteiger partial charge in [0.2, 0.25) is 0 Å².